The van der Waals surface area contributed by atoms with Crippen LogP contribution in [0.15, 0.2) is 143 Å². The van der Waals surface area contributed by atoms with Gasteiger partial charge < -0.3 is 25.6 Å². The smallest absolute Gasteiger partial charge is 0.410 e. The van der Waals surface area contributed by atoms with Crippen molar-refractivity contribution in [3.63, 3.8) is 0 Å². The Balaban J connectivity index is 0.000000179. The number of carbonyl (C=O) groups is 1. The first-order chi connectivity index (χ1) is 41.0. The van der Waals surface area contributed by atoms with Crippen LogP contribution in [0.2, 0.25) is 0 Å². The van der Waals surface area contributed by atoms with Crippen LogP contribution in [0, 0.1) is 0 Å². The first-order valence-corrected chi connectivity index (χ1v) is 31.7. The van der Waals surface area contributed by atoms with Crippen molar-refractivity contribution in [1.82, 2.24) is 79.9 Å². The van der Waals surface area contributed by atoms with Crippen molar-refractivity contribution in [2.75, 3.05) is 85.5 Å². The highest BCUT2D eigenvalue weighted by molar-refractivity contribution is 7.95. The minimum atomic E-state index is -3.88. The Kier molecular flexibility index (Phi) is 17.6. The SMILES string of the molecule is CC(C)(C)OC(=O)N1CCN(CCn2cc(-c3cnc4ccc(Nc5nnc(S(=O)(=O)Nc6ccccc6)s5)nc4c3)cn2)CC1.O=S(=O)(Nc1ccccc1)c1nnc(Nc2ccc3ncc(-c4cnn(CCN5CCNCC5)c4)cc3n2)s1. The largest absolute Gasteiger partial charge is 0.444 e. The Bertz CT molecular complexity index is 4150. The van der Waals surface area contributed by atoms with Crippen molar-refractivity contribution in [3.05, 3.63) is 134 Å². The molecule has 5 N–H and O–H groups in total. The van der Waals surface area contributed by atoms with Gasteiger partial charge in [-0.1, -0.05) is 59.1 Å². The average molecular weight is 1230 g/mol. The van der Waals surface area contributed by atoms with Gasteiger partial charge in [-0.05, 0) is 81.4 Å². The maximum atomic E-state index is 12.7. The fourth-order valence-corrected chi connectivity index (χ4v) is 12.9. The van der Waals surface area contributed by atoms with E-state index in [1.54, 1.807) is 84.0 Å². The molecule has 10 heterocycles. The van der Waals surface area contributed by atoms with Crippen molar-refractivity contribution < 1.29 is 26.4 Å². The van der Waals surface area contributed by atoms with E-state index in [1.807, 2.05) is 85.3 Å². The third-order valence-electron chi connectivity index (χ3n) is 13.3. The molecule has 85 heavy (non-hydrogen) atoms. The van der Waals surface area contributed by atoms with E-state index in [1.165, 1.54) is 0 Å². The summed E-state index contributed by atoms with van der Waals surface area (Å²) >= 11 is 1.82. The number of benzene rings is 2. The number of nitrogens with zero attached hydrogens (tertiary/aromatic N) is 15. The molecular weight excluding hydrogens is 1170 g/mol. The second kappa shape index (κ2) is 25.7. The molecule has 8 aromatic heterocycles. The fraction of sp³-hybridized carbons (Fsp3) is 0.291. The number of nitrogens with one attached hydrogen (secondary N) is 5. The van der Waals surface area contributed by atoms with Crippen molar-refractivity contribution in [1.29, 1.82) is 0 Å². The third kappa shape index (κ3) is 15.4. The molecule has 2 fully saturated rings. The van der Waals surface area contributed by atoms with Crippen molar-refractivity contribution in [3.8, 4) is 22.3 Å². The van der Waals surface area contributed by atoms with Crippen LogP contribution in [-0.4, -0.2) is 169 Å². The van der Waals surface area contributed by atoms with Crippen LogP contribution in [0.1, 0.15) is 20.8 Å². The number of aromatic nitrogens is 12. The molecule has 26 nitrogen and oxygen atoms in total. The minimum absolute atomic E-state index is 0.146. The number of sulfonamides is 2. The van der Waals surface area contributed by atoms with E-state index < -0.39 is 25.6 Å². The zero-order chi connectivity index (χ0) is 59.0. The average Bonchev–Trinajstić information content (AvgIpc) is 4.59. The van der Waals surface area contributed by atoms with Crippen LogP contribution in [0.5, 0.6) is 0 Å². The van der Waals surface area contributed by atoms with E-state index >= 15 is 0 Å². The van der Waals surface area contributed by atoms with E-state index in [4.69, 9.17) is 4.74 Å². The predicted molar refractivity (Wildman–Crippen MR) is 326 cm³/mol. The lowest BCUT2D eigenvalue weighted by atomic mass is 10.1. The zero-order valence-electron chi connectivity index (χ0n) is 46.5. The Labute approximate surface area is 497 Å². The monoisotopic (exact) mass is 1220 g/mol. The molecule has 0 atom stereocenters. The maximum absolute atomic E-state index is 12.7. The molecule has 2 saturated heterocycles. The van der Waals surface area contributed by atoms with Gasteiger partial charge in [0.2, 0.25) is 10.3 Å². The molecule has 0 unspecified atom stereocenters. The summed E-state index contributed by atoms with van der Waals surface area (Å²) in [7, 11) is -7.73. The Morgan fingerprint density at radius 3 is 1.47 bits per heavy atom. The van der Waals surface area contributed by atoms with Gasteiger partial charge in [0.25, 0.3) is 28.7 Å². The van der Waals surface area contributed by atoms with Gasteiger partial charge in [-0.3, -0.25) is 38.6 Å². The first-order valence-electron chi connectivity index (χ1n) is 27.1. The second-order valence-electron chi connectivity index (χ2n) is 20.7. The molecule has 30 heteroatoms. The van der Waals surface area contributed by atoms with Crippen LogP contribution in [0.25, 0.3) is 44.3 Å². The second-order valence-corrected chi connectivity index (χ2v) is 26.4. The van der Waals surface area contributed by atoms with Gasteiger partial charge in [0, 0.05) is 124 Å². The van der Waals surface area contributed by atoms with Gasteiger partial charge >= 0.3 is 6.09 Å². The molecule has 2 aliphatic heterocycles. The zero-order valence-corrected chi connectivity index (χ0v) is 49.7. The lowest BCUT2D eigenvalue weighted by molar-refractivity contribution is 0.0142. The number of fused-ring (bicyclic) bond motifs is 2. The number of piperazine rings is 2. The highest BCUT2D eigenvalue weighted by atomic mass is 32.3. The Morgan fingerprint density at radius 2 is 1.01 bits per heavy atom. The van der Waals surface area contributed by atoms with E-state index in [9.17, 15) is 21.6 Å². The van der Waals surface area contributed by atoms with E-state index in [2.05, 4.69) is 85.7 Å². The number of hydrogen-bond acceptors (Lipinski definition) is 23. The third-order valence-corrected chi connectivity index (χ3v) is 18.5. The molecule has 0 saturated carbocycles. The molecule has 2 aliphatic rings. The molecule has 0 spiro atoms. The van der Waals surface area contributed by atoms with E-state index in [-0.39, 0.29) is 19.9 Å². The van der Waals surface area contributed by atoms with Gasteiger partial charge in [-0.15, -0.1) is 20.4 Å². The molecule has 1 amide bonds. The molecule has 0 radical (unpaired) electrons. The summed E-state index contributed by atoms with van der Waals surface area (Å²) in [5, 5.41) is 34.8. The number of hydrogen-bond donors (Lipinski definition) is 5. The number of ether oxygens (including phenoxy) is 1. The Morgan fingerprint density at radius 1 is 0.553 bits per heavy atom. The molecule has 0 bridgehead atoms. The van der Waals surface area contributed by atoms with Gasteiger partial charge in [0.1, 0.15) is 17.2 Å². The minimum Gasteiger partial charge on any atom is -0.444 e. The summed E-state index contributed by atoms with van der Waals surface area (Å²) < 4.78 is 64.8. The fourth-order valence-electron chi connectivity index (χ4n) is 9.01. The van der Waals surface area contributed by atoms with Crippen molar-refractivity contribution in [2.24, 2.45) is 0 Å². The molecule has 12 rings (SSSR count). The van der Waals surface area contributed by atoms with Gasteiger partial charge in [0.05, 0.1) is 47.6 Å². The standard InChI is InChI=1S/C30H34N10O4S2.C25H26N10O2S2/c1-30(2,3)44-29(41)39-14-11-38(12-15-39)13-16-40-20-22(19-32-40)21-17-25-24(31-18-21)9-10-26(33-25)34-27-35-36-28(45-27)46(42,43)37-23-7-5-4-6-8-23;36-39(37,33-20-4-2-1-3-5-20)25-32-31-24(38-25)30-23-7-6-21-22(29-23)14-18(15-27-21)19-16-28-35(17-19)13-12-34-10-8-26-9-11-34/h4-10,17-20,37H,11-16H2,1-3H3,(H,33,34,35);1-7,14-17,26,33H,8-13H2,(H,29,30,31). The maximum Gasteiger partial charge on any atom is 0.410 e. The molecular formula is C55H60N20O6S4. The van der Waals surface area contributed by atoms with E-state index in [0.717, 1.165) is 109 Å². The van der Waals surface area contributed by atoms with Gasteiger partial charge in [0.15, 0.2) is 0 Å². The number of amides is 1. The van der Waals surface area contributed by atoms with Crippen LogP contribution in [0.4, 0.5) is 38.1 Å². The number of rotatable bonds is 18. The van der Waals surface area contributed by atoms with Gasteiger partial charge in [-0.25, -0.2) is 14.8 Å². The van der Waals surface area contributed by atoms with Crippen LogP contribution < -0.4 is 25.4 Å². The van der Waals surface area contributed by atoms with Crippen LogP contribution in [0.3, 0.4) is 0 Å². The van der Waals surface area contributed by atoms with Gasteiger partial charge in [-0.2, -0.15) is 27.0 Å². The molecule has 2 aromatic carbocycles. The number of para-hydroxylation sites is 2. The predicted octanol–water partition coefficient (Wildman–Crippen LogP) is 7.24. The first kappa shape index (κ1) is 58.1. The summed E-state index contributed by atoms with van der Waals surface area (Å²) in [5.74, 6) is 0.981. The molecule has 440 valence electrons. The lowest BCUT2D eigenvalue weighted by Crippen LogP contribution is -2.50. The number of carbonyl (C=O) groups excluding carboxylic acids is 1. The summed E-state index contributed by atoms with van der Waals surface area (Å²) in [5.41, 5.74) is 6.84. The summed E-state index contributed by atoms with van der Waals surface area (Å²) in [6.45, 7) is 15.9. The topological polar surface area (TPSA) is 303 Å². The quantitative estimate of drug-likeness (QED) is 0.0565. The van der Waals surface area contributed by atoms with E-state index in [0.29, 0.717) is 64.3 Å². The normalized spacial score (nSPS) is 14.4. The summed E-state index contributed by atoms with van der Waals surface area (Å²) in [6, 6.07) is 28.3. The molecule has 10 aromatic rings. The summed E-state index contributed by atoms with van der Waals surface area (Å²) in [6.07, 6.45) is 11.0. The summed E-state index contributed by atoms with van der Waals surface area (Å²) in [4.78, 5) is 37.3. The number of pyridine rings is 4. The highest BCUT2D eigenvalue weighted by Gasteiger charge is 2.27. The lowest BCUT2D eigenvalue weighted by Gasteiger charge is -2.35. The van der Waals surface area contributed by atoms with Crippen molar-refractivity contribution >= 4 is 104 Å². The van der Waals surface area contributed by atoms with Crippen molar-refractivity contribution in [2.45, 2.75) is 48.1 Å². The van der Waals surface area contributed by atoms with Crippen LogP contribution in [-0.2, 0) is 37.9 Å². The Hall–Kier alpha value is -8.65. The molecule has 0 aliphatic carbocycles. The highest BCUT2D eigenvalue weighted by Crippen LogP contribution is 2.30. The number of anilines is 6. The van der Waals surface area contributed by atoms with Crippen LogP contribution >= 0.6 is 22.7 Å².